The van der Waals surface area contributed by atoms with Gasteiger partial charge in [0.25, 0.3) is 11.8 Å². The predicted molar refractivity (Wildman–Crippen MR) is 125 cm³/mol. The highest BCUT2D eigenvalue weighted by molar-refractivity contribution is 6.36. The zero-order chi connectivity index (χ0) is 23.1. The highest BCUT2D eigenvalue weighted by Crippen LogP contribution is 2.28. The van der Waals surface area contributed by atoms with Crippen LogP contribution in [-0.2, 0) is 0 Å². The minimum atomic E-state index is -0.505. The van der Waals surface area contributed by atoms with Gasteiger partial charge in [-0.2, -0.15) is 5.10 Å². The van der Waals surface area contributed by atoms with E-state index in [4.69, 9.17) is 32.7 Å². The number of carbonyl (C=O) groups excluding carboxylic acids is 2. The first-order chi connectivity index (χ1) is 15.4. The van der Waals surface area contributed by atoms with Crippen LogP contribution in [0.4, 0.5) is 5.69 Å². The number of ether oxygens (including phenoxy) is 2. The van der Waals surface area contributed by atoms with Crippen molar-refractivity contribution in [3.05, 3.63) is 87.4 Å². The van der Waals surface area contributed by atoms with Crippen LogP contribution >= 0.6 is 23.2 Å². The smallest absolute Gasteiger partial charge is 0.273 e. The van der Waals surface area contributed by atoms with Gasteiger partial charge in [0, 0.05) is 16.1 Å². The highest BCUT2D eigenvalue weighted by Gasteiger charge is 2.15. The van der Waals surface area contributed by atoms with E-state index in [2.05, 4.69) is 15.8 Å². The van der Waals surface area contributed by atoms with Crippen LogP contribution in [0.5, 0.6) is 11.5 Å². The van der Waals surface area contributed by atoms with Crippen LogP contribution in [0.2, 0.25) is 10.0 Å². The zero-order valence-corrected chi connectivity index (χ0v) is 18.7. The third-order valence-corrected chi connectivity index (χ3v) is 4.96. The summed E-state index contributed by atoms with van der Waals surface area (Å²) in [4.78, 5) is 25.4. The Kier molecular flexibility index (Phi) is 7.70. The molecule has 0 aromatic heterocycles. The molecular weight excluding hydrogens is 453 g/mol. The summed E-state index contributed by atoms with van der Waals surface area (Å²) in [6, 6.07) is 16.3. The molecule has 32 heavy (non-hydrogen) atoms. The summed E-state index contributed by atoms with van der Waals surface area (Å²) in [6.07, 6.45) is 1.40. The molecule has 0 aliphatic rings. The Morgan fingerprint density at radius 1 is 0.906 bits per heavy atom. The van der Waals surface area contributed by atoms with Gasteiger partial charge in [-0.15, -0.1) is 0 Å². The van der Waals surface area contributed by atoms with Crippen molar-refractivity contribution in [2.24, 2.45) is 5.10 Å². The van der Waals surface area contributed by atoms with Crippen LogP contribution in [-0.4, -0.2) is 32.2 Å². The van der Waals surface area contributed by atoms with Crippen molar-refractivity contribution in [3.8, 4) is 11.5 Å². The molecule has 0 radical (unpaired) electrons. The van der Waals surface area contributed by atoms with E-state index in [0.29, 0.717) is 38.4 Å². The third-order valence-electron chi connectivity index (χ3n) is 4.40. The summed E-state index contributed by atoms with van der Waals surface area (Å²) in [5, 5.41) is 7.57. The molecule has 0 heterocycles. The molecule has 0 atom stereocenters. The van der Waals surface area contributed by atoms with Gasteiger partial charge >= 0.3 is 0 Å². The molecule has 0 unspecified atom stereocenters. The lowest BCUT2D eigenvalue weighted by molar-refractivity contribution is 0.0956. The number of nitrogens with zero attached hydrogens (tertiary/aromatic N) is 1. The molecule has 3 aromatic rings. The summed E-state index contributed by atoms with van der Waals surface area (Å²) in [6.45, 7) is 0. The SMILES string of the molecule is COc1ccc(C(=O)Nc2ccccc2C(=O)N/N=C/c2ccc(Cl)cc2Cl)cc1OC. The third kappa shape index (κ3) is 5.57. The van der Waals surface area contributed by atoms with Gasteiger partial charge in [-0.3, -0.25) is 9.59 Å². The van der Waals surface area contributed by atoms with Gasteiger partial charge in [-0.1, -0.05) is 41.4 Å². The lowest BCUT2D eigenvalue weighted by Gasteiger charge is -2.12. The molecule has 0 saturated carbocycles. The van der Waals surface area contributed by atoms with Gasteiger partial charge in [-0.05, 0) is 42.5 Å². The molecule has 164 valence electrons. The fraction of sp³-hybridized carbons (Fsp3) is 0.0870. The summed E-state index contributed by atoms with van der Waals surface area (Å²) < 4.78 is 10.4. The molecule has 2 amide bonds. The van der Waals surface area contributed by atoms with E-state index in [-0.39, 0.29) is 5.56 Å². The largest absolute Gasteiger partial charge is 0.493 e. The van der Waals surface area contributed by atoms with Crippen LogP contribution in [0.25, 0.3) is 0 Å². The van der Waals surface area contributed by atoms with E-state index in [9.17, 15) is 9.59 Å². The summed E-state index contributed by atoms with van der Waals surface area (Å²) in [5.41, 5.74) is 3.92. The quantitative estimate of drug-likeness (QED) is 0.373. The van der Waals surface area contributed by atoms with Crippen molar-refractivity contribution in [3.63, 3.8) is 0 Å². The second-order valence-electron chi connectivity index (χ2n) is 6.43. The maximum absolute atomic E-state index is 12.7. The fourth-order valence-electron chi connectivity index (χ4n) is 2.79. The molecule has 2 N–H and O–H groups in total. The highest BCUT2D eigenvalue weighted by atomic mass is 35.5. The van der Waals surface area contributed by atoms with Crippen molar-refractivity contribution in [2.45, 2.75) is 0 Å². The summed E-state index contributed by atoms with van der Waals surface area (Å²) >= 11 is 12.0. The van der Waals surface area contributed by atoms with Crippen LogP contribution in [0.1, 0.15) is 26.3 Å². The number of hydrogen-bond donors (Lipinski definition) is 2. The number of anilines is 1. The average Bonchev–Trinajstić information content (AvgIpc) is 2.80. The molecule has 0 aliphatic carbocycles. The fourth-order valence-corrected chi connectivity index (χ4v) is 3.25. The van der Waals surface area contributed by atoms with Crippen LogP contribution in [0, 0.1) is 0 Å². The van der Waals surface area contributed by atoms with E-state index in [1.54, 1.807) is 60.7 Å². The standard InChI is InChI=1S/C23H19Cl2N3O4/c1-31-20-10-8-14(11-21(20)32-2)22(29)27-19-6-4-3-5-17(19)23(30)28-26-13-15-7-9-16(24)12-18(15)25/h3-13H,1-2H3,(H,27,29)(H,28,30)/b26-13+. The first-order valence-electron chi connectivity index (χ1n) is 9.33. The molecule has 3 aromatic carbocycles. The number of halogens is 2. The van der Waals surface area contributed by atoms with Gasteiger partial charge in [0.1, 0.15) is 0 Å². The number of amides is 2. The first-order valence-corrected chi connectivity index (χ1v) is 10.1. The van der Waals surface area contributed by atoms with E-state index >= 15 is 0 Å². The molecule has 0 bridgehead atoms. The molecule has 0 spiro atoms. The molecule has 0 saturated heterocycles. The van der Waals surface area contributed by atoms with E-state index in [1.165, 1.54) is 20.4 Å². The molecule has 7 nitrogen and oxygen atoms in total. The second-order valence-corrected chi connectivity index (χ2v) is 7.28. The summed E-state index contributed by atoms with van der Waals surface area (Å²) in [5.74, 6) is 0.000976. The lowest BCUT2D eigenvalue weighted by atomic mass is 10.1. The number of methoxy groups -OCH3 is 2. The Labute approximate surface area is 194 Å². The van der Waals surface area contributed by atoms with Crippen LogP contribution in [0.15, 0.2) is 65.8 Å². The molecule has 0 fully saturated rings. The maximum Gasteiger partial charge on any atom is 0.273 e. The van der Waals surface area contributed by atoms with Crippen molar-refractivity contribution < 1.29 is 19.1 Å². The van der Waals surface area contributed by atoms with Crippen molar-refractivity contribution in [1.82, 2.24) is 5.43 Å². The normalized spacial score (nSPS) is 10.6. The van der Waals surface area contributed by atoms with Gasteiger partial charge in [-0.25, -0.2) is 5.43 Å². The van der Waals surface area contributed by atoms with Crippen molar-refractivity contribution in [2.75, 3.05) is 19.5 Å². The predicted octanol–water partition coefficient (Wildman–Crippen LogP) is 5.03. The van der Waals surface area contributed by atoms with Crippen molar-refractivity contribution >= 4 is 46.9 Å². The van der Waals surface area contributed by atoms with Crippen molar-refractivity contribution in [1.29, 1.82) is 0 Å². The van der Waals surface area contributed by atoms with Crippen LogP contribution in [0.3, 0.4) is 0 Å². The van der Waals surface area contributed by atoms with Gasteiger partial charge in [0.2, 0.25) is 0 Å². The summed E-state index contributed by atoms with van der Waals surface area (Å²) in [7, 11) is 2.99. The van der Waals surface area contributed by atoms with Gasteiger partial charge < -0.3 is 14.8 Å². The number of rotatable bonds is 7. The number of benzene rings is 3. The Balaban J connectivity index is 1.74. The van der Waals surface area contributed by atoms with Gasteiger partial charge in [0.15, 0.2) is 11.5 Å². The number of hydrogen-bond acceptors (Lipinski definition) is 5. The molecular formula is C23H19Cl2N3O4. The van der Waals surface area contributed by atoms with Gasteiger partial charge in [0.05, 0.1) is 36.7 Å². The molecule has 3 rings (SSSR count). The molecule has 9 heteroatoms. The topological polar surface area (TPSA) is 89.0 Å². The lowest BCUT2D eigenvalue weighted by Crippen LogP contribution is -2.21. The number of nitrogens with one attached hydrogen (secondary N) is 2. The Hall–Kier alpha value is -3.55. The number of hydrazone groups is 1. The maximum atomic E-state index is 12.7. The van der Waals surface area contributed by atoms with E-state index < -0.39 is 11.8 Å². The van der Waals surface area contributed by atoms with Crippen LogP contribution < -0.4 is 20.2 Å². The minimum Gasteiger partial charge on any atom is -0.493 e. The number of para-hydroxylation sites is 1. The zero-order valence-electron chi connectivity index (χ0n) is 17.2. The number of carbonyl (C=O) groups is 2. The Morgan fingerprint density at radius 2 is 1.66 bits per heavy atom. The molecule has 0 aliphatic heterocycles. The minimum absolute atomic E-state index is 0.237. The Bertz CT molecular complexity index is 1180. The average molecular weight is 472 g/mol. The monoisotopic (exact) mass is 471 g/mol. The first kappa shape index (κ1) is 23.1. The van der Waals surface area contributed by atoms with E-state index in [0.717, 1.165) is 0 Å². The van der Waals surface area contributed by atoms with E-state index in [1.807, 2.05) is 0 Å². The second kappa shape index (κ2) is 10.7. The Morgan fingerprint density at radius 3 is 2.38 bits per heavy atom.